The van der Waals surface area contributed by atoms with Crippen molar-refractivity contribution in [2.75, 3.05) is 0 Å². The average molecular weight is 269 g/mol. The first-order chi connectivity index (χ1) is 9.60. The number of hydrogen-bond donors (Lipinski definition) is 2. The minimum atomic E-state index is -0.115. The first-order valence-corrected chi connectivity index (χ1v) is 6.62. The quantitative estimate of drug-likeness (QED) is 0.895. The molecule has 4 nitrogen and oxygen atoms in total. The lowest BCUT2D eigenvalue weighted by Crippen LogP contribution is -2.26. The van der Waals surface area contributed by atoms with Crippen molar-refractivity contribution in [2.45, 2.75) is 26.4 Å². The van der Waals surface area contributed by atoms with Gasteiger partial charge in [0.25, 0.3) is 5.91 Å². The lowest BCUT2D eigenvalue weighted by atomic mass is 10.1. The van der Waals surface area contributed by atoms with Crippen molar-refractivity contribution in [1.29, 1.82) is 0 Å². The van der Waals surface area contributed by atoms with E-state index in [9.17, 15) is 4.79 Å². The zero-order valence-electron chi connectivity index (χ0n) is 11.8. The van der Waals surface area contributed by atoms with Crippen molar-refractivity contribution in [3.63, 3.8) is 0 Å². The normalized spacial score (nSPS) is 11.9. The number of rotatable bonds is 4. The van der Waals surface area contributed by atoms with Gasteiger partial charge in [-0.15, -0.1) is 0 Å². The van der Waals surface area contributed by atoms with Gasteiger partial charge in [0.1, 0.15) is 0 Å². The summed E-state index contributed by atoms with van der Waals surface area (Å²) in [4.78, 5) is 16.3. The number of aryl methyl sites for hydroxylation is 1. The molecule has 1 aromatic carbocycles. The van der Waals surface area contributed by atoms with Crippen molar-refractivity contribution in [3.8, 4) is 0 Å². The SMILES string of the molecule is Cc1cccc([C@@H](C)NC(=O)c2ccnc(CN)c2)c1. The monoisotopic (exact) mass is 269 g/mol. The minimum Gasteiger partial charge on any atom is -0.346 e. The smallest absolute Gasteiger partial charge is 0.251 e. The molecule has 3 N–H and O–H groups in total. The van der Waals surface area contributed by atoms with E-state index in [0.29, 0.717) is 17.8 Å². The predicted octanol–water partition coefficient (Wildman–Crippen LogP) is 2.34. The first kappa shape index (κ1) is 14.2. The summed E-state index contributed by atoms with van der Waals surface area (Å²) in [5.74, 6) is -0.115. The molecule has 104 valence electrons. The van der Waals surface area contributed by atoms with Gasteiger partial charge in [-0.25, -0.2) is 0 Å². The molecule has 1 aromatic heterocycles. The third kappa shape index (κ3) is 3.42. The number of nitrogens with zero attached hydrogens (tertiary/aromatic N) is 1. The second-order valence-corrected chi connectivity index (χ2v) is 4.85. The van der Waals surface area contributed by atoms with E-state index in [-0.39, 0.29) is 11.9 Å². The molecule has 0 bridgehead atoms. The van der Waals surface area contributed by atoms with Gasteiger partial charge in [0.2, 0.25) is 0 Å². The van der Waals surface area contributed by atoms with Gasteiger partial charge in [-0.2, -0.15) is 0 Å². The summed E-state index contributed by atoms with van der Waals surface area (Å²) in [5.41, 5.74) is 9.09. The van der Waals surface area contributed by atoms with Crippen LogP contribution in [0.5, 0.6) is 0 Å². The molecule has 0 unspecified atom stereocenters. The van der Waals surface area contributed by atoms with E-state index in [1.165, 1.54) is 5.56 Å². The number of pyridine rings is 1. The van der Waals surface area contributed by atoms with Gasteiger partial charge < -0.3 is 11.1 Å². The molecule has 1 heterocycles. The zero-order chi connectivity index (χ0) is 14.5. The molecular formula is C16H19N3O. The molecule has 1 amide bonds. The summed E-state index contributed by atoms with van der Waals surface area (Å²) < 4.78 is 0. The molecule has 0 saturated heterocycles. The molecule has 20 heavy (non-hydrogen) atoms. The highest BCUT2D eigenvalue weighted by Crippen LogP contribution is 2.14. The van der Waals surface area contributed by atoms with Gasteiger partial charge in [-0.05, 0) is 31.5 Å². The van der Waals surface area contributed by atoms with Gasteiger partial charge >= 0.3 is 0 Å². The molecule has 2 aromatic rings. The number of aromatic nitrogens is 1. The molecule has 0 spiro atoms. The summed E-state index contributed by atoms with van der Waals surface area (Å²) in [6, 6.07) is 11.5. The molecular weight excluding hydrogens is 250 g/mol. The molecule has 0 saturated carbocycles. The maximum Gasteiger partial charge on any atom is 0.251 e. The summed E-state index contributed by atoms with van der Waals surface area (Å²) in [6.45, 7) is 4.33. The van der Waals surface area contributed by atoms with E-state index in [4.69, 9.17) is 5.73 Å². The highest BCUT2D eigenvalue weighted by atomic mass is 16.1. The Kier molecular flexibility index (Phi) is 4.48. The van der Waals surface area contributed by atoms with Crippen LogP contribution in [0.4, 0.5) is 0 Å². The van der Waals surface area contributed by atoms with E-state index in [2.05, 4.69) is 16.4 Å². The van der Waals surface area contributed by atoms with Crippen molar-refractivity contribution >= 4 is 5.91 Å². The van der Waals surface area contributed by atoms with Gasteiger partial charge in [0.05, 0.1) is 11.7 Å². The van der Waals surface area contributed by atoms with Gasteiger partial charge in [0.15, 0.2) is 0 Å². The van der Waals surface area contributed by atoms with E-state index in [1.807, 2.05) is 32.0 Å². The highest BCUT2D eigenvalue weighted by molar-refractivity contribution is 5.94. The van der Waals surface area contributed by atoms with Crippen molar-refractivity contribution < 1.29 is 4.79 Å². The fourth-order valence-electron chi connectivity index (χ4n) is 2.03. The summed E-state index contributed by atoms with van der Waals surface area (Å²) in [5, 5.41) is 2.98. The molecule has 2 rings (SSSR count). The van der Waals surface area contributed by atoms with Crippen LogP contribution in [-0.2, 0) is 6.54 Å². The minimum absolute atomic E-state index is 0.0445. The van der Waals surface area contributed by atoms with Crippen LogP contribution in [-0.4, -0.2) is 10.9 Å². The summed E-state index contributed by atoms with van der Waals surface area (Å²) in [7, 11) is 0. The molecule has 4 heteroatoms. The number of carbonyl (C=O) groups is 1. The number of nitrogens with one attached hydrogen (secondary N) is 1. The molecule has 0 aliphatic rings. The van der Waals surface area contributed by atoms with E-state index >= 15 is 0 Å². The summed E-state index contributed by atoms with van der Waals surface area (Å²) in [6.07, 6.45) is 1.61. The Morgan fingerprint density at radius 3 is 2.85 bits per heavy atom. The number of amides is 1. The fraction of sp³-hybridized carbons (Fsp3) is 0.250. The van der Waals surface area contributed by atoms with Crippen LogP contribution >= 0.6 is 0 Å². The second kappa shape index (κ2) is 6.30. The van der Waals surface area contributed by atoms with Crippen LogP contribution in [0.15, 0.2) is 42.6 Å². The maximum absolute atomic E-state index is 12.2. The van der Waals surface area contributed by atoms with Crippen LogP contribution in [0.2, 0.25) is 0 Å². The lowest BCUT2D eigenvalue weighted by molar-refractivity contribution is 0.0939. The van der Waals surface area contributed by atoms with Crippen LogP contribution < -0.4 is 11.1 Å². The van der Waals surface area contributed by atoms with Crippen molar-refractivity contribution in [2.24, 2.45) is 5.73 Å². The number of carbonyl (C=O) groups excluding carboxylic acids is 1. The predicted molar refractivity (Wildman–Crippen MR) is 79.2 cm³/mol. The number of nitrogens with two attached hydrogens (primary N) is 1. The van der Waals surface area contributed by atoms with Crippen LogP contribution in [0.25, 0.3) is 0 Å². The molecule has 1 atom stereocenters. The third-order valence-corrected chi connectivity index (χ3v) is 3.18. The van der Waals surface area contributed by atoms with E-state index < -0.39 is 0 Å². The standard InChI is InChI=1S/C16H19N3O/c1-11-4-3-5-13(8-11)12(2)19-16(20)14-6-7-18-15(9-14)10-17/h3-9,12H,10,17H2,1-2H3,(H,19,20)/t12-/m1/s1. The molecule has 0 fully saturated rings. The Morgan fingerprint density at radius 1 is 1.35 bits per heavy atom. The highest BCUT2D eigenvalue weighted by Gasteiger charge is 2.12. The van der Waals surface area contributed by atoms with Gasteiger partial charge in [-0.1, -0.05) is 29.8 Å². The van der Waals surface area contributed by atoms with Crippen LogP contribution in [0.3, 0.4) is 0 Å². The Bertz CT molecular complexity index is 610. The van der Waals surface area contributed by atoms with Crippen molar-refractivity contribution in [1.82, 2.24) is 10.3 Å². The third-order valence-electron chi connectivity index (χ3n) is 3.18. The molecule has 0 aliphatic heterocycles. The van der Waals surface area contributed by atoms with Crippen LogP contribution in [0, 0.1) is 6.92 Å². The van der Waals surface area contributed by atoms with E-state index in [1.54, 1.807) is 18.3 Å². The second-order valence-electron chi connectivity index (χ2n) is 4.85. The Balaban J connectivity index is 2.10. The Morgan fingerprint density at radius 2 is 2.15 bits per heavy atom. The van der Waals surface area contributed by atoms with E-state index in [0.717, 1.165) is 5.56 Å². The lowest BCUT2D eigenvalue weighted by Gasteiger charge is -2.15. The molecule has 0 radical (unpaired) electrons. The molecule has 0 aliphatic carbocycles. The topological polar surface area (TPSA) is 68.0 Å². The van der Waals surface area contributed by atoms with Crippen LogP contribution in [0.1, 0.15) is 40.1 Å². The Hall–Kier alpha value is -2.20. The van der Waals surface area contributed by atoms with Gasteiger partial charge in [0, 0.05) is 18.3 Å². The average Bonchev–Trinajstić information content (AvgIpc) is 2.47. The Labute approximate surface area is 119 Å². The first-order valence-electron chi connectivity index (χ1n) is 6.62. The van der Waals surface area contributed by atoms with Crippen molar-refractivity contribution in [3.05, 3.63) is 65.0 Å². The number of hydrogen-bond acceptors (Lipinski definition) is 3. The van der Waals surface area contributed by atoms with Gasteiger partial charge in [-0.3, -0.25) is 9.78 Å². The summed E-state index contributed by atoms with van der Waals surface area (Å²) >= 11 is 0. The maximum atomic E-state index is 12.2. The number of benzene rings is 1. The fourth-order valence-corrected chi connectivity index (χ4v) is 2.03. The largest absolute Gasteiger partial charge is 0.346 e. The zero-order valence-corrected chi connectivity index (χ0v) is 11.8.